The van der Waals surface area contributed by atoms with Gasteiger partial charge in [-0.2, -0.15) is 9.78 Å². The molecule has 0 aliphatic carbocycles. The van der Waals surface area contributed by atoms with Crippen molar-refractivity contribution in [1.82, 2.24) is 9.66 Å². The summed E-state index contributed by atoms with van der Waals surface area (Å²) in [5.74, 6) is 1.37. The van der Waals surface area contributed by atoms with E-state index < -0.39 is 0 Å². The number of methoxy groups -OCH3 is 1. The Hall–Kier alpha value is -2.39. The summed E-state index contributed by atoms with van der Waals surface area (Å²) < 4.78 is 14.2. The molecule has 0 saturated heterocycles. The van der Waals surface area contributed by atoms with Crippen LogP contribution in [0.5, 0.6) is 11.5 Å². The summed E-state index contributed by atoms with van der Waals surface area (Å²) in [6.45, 7) is 4.26. The van der Waals surface area contributed by atoms with Crippen molar-refractivity contribution in [3.8, 4) is 11.5 Å². The highest BCUT2D eigenvalue weighted by Gasteiger charge is 2.19. The number of ether oxygens (including phenoxy) is 2. The molecule has 37 heavy (non-hydrogen) atoms. The van der Waals surface area contributed by atoms with Crippen molar-refractivity contribution in [2.24, 2.45) is 5.10 Å². The first-order valence-corrected chi connectivity index (χ1v) is 13.8. The summed E-state index contributed by atoms with van der Waals surface area (Å²) in [4.78, 5) is 18.2. The maximum Gasteiger partial charge on any atom is 0.282 e. The minimum atomic E-state index is -0.258. The summed E-state index contributed by atoms with van der Waals surface area (Å²) in [6.07, 6.45) is 2.35. The molecule has 1 aromatic heterocycles. The van der Waals surface area contributed by atoms with Gasteiger partial charge in [-0.1, -0.05) is 71.2 Å². The Morgan fingerprint density at radius 3 is 2.62 bits per heavy atom. The summed E-state index contributed by atoms with van der Waals surface area (Å²) >= 11 is 19.9. The zero-order valence-electron chi connectivity index (χ0n) is 20.3. The number of aromatic nitrogens is 2. The van der Waals surface area contributed by atoms with Crippen LogP contribution in [0.2, 0.25) is 10.0 Å². The van der Waals surface area contributed by atoms with Gasteiger partial charge in [0.05, 0.1) is 24.2 Å². The van der Waals surface area contributed by atoms with E-state index in [1.807, 2.05) is 44.2 Å². The van der Waals surface area contributed by atoms with Crippen LogP contribution < -0.4 is 15.0 Å². The molecule has 0 amide bonds. The van der Waals surface area contributed by atoms with E-state index in [2.05, 4.69) is 37.0 Å². The Kier molecular flexibility index (Phi) is 8.95. The SMILES string of the molecule is CC[C@H](C)c1nc2ccc(Br)cc2c(=O)n1N=Cc1cc(OC)c(OCc2ccccc2Cl)c(Cl)c1Br. The molecular weight excluding hydrogens is 645 g/mol. The van der Waals surface area contributed by atoms with Gasteiger partial charge in [0.2, 0.25) is 0 Å². The molecule has 192 valence electrons. The van der Waals surface area contributed by atoms with Crippen molar-refractivity contribution in [2.45, 2.75) is 32.8 Å². The van der Waals surface area contributed by atoms with Gasteiger partial charge < -0.3 is 9.47 Å². The van der Waals surface area contributed by atoms with Crippen molar-refractivity contribution >= 4 is 72.2 Å². The molecular formula is C27H23Br2Cl2N3O3. The van der Waals surface area contributed by atoms with E-state index in [1.165, 1.54) is 11.8 Å². The molecule has 0 bridgehead atoms. The second-order valence-corrected chi connectivity index (χ2v) is 10.8. The number of hydrogen-bond acceptors (Lipinski definition) is 5. The third kappa shape index (κ3) is 5.87. The maximum atomic E-state index is 13.4. The predicted molar refractivity (Wildman–Crippen MR) is 157 cm³/mol. The van der Waals surface area contributed by atoms with Gasteiger partial charge >= 0.3 is 0 Å². The Labute approximate surface area is 241 Å². The molecule has 0 spiro atoms. The summed E-state index contributed by atoms with van der Waals surface area (Å²) in [5, 5.41) is 5.91. The van der Waals surface area contributed by atoms with E-state index in [0.717, 1.165) is 16.5 Å². The fourth-order valence-corrected chi connectivity index (χ4v) is 4.85. The molecule has 1 atom stereocenters. The van der Waals surface area contributed by atoms with Crippen LogP contribution in [0.15, 0.2) is 67.4 Å². The van der Waals surface area contributed by atoms with Gasteiger partial charge in [-0.05, 0) is 52.7 Å². The Bertz CT molecular complexity index is 1560. The second-order valence-electron chi connectivity index (χ2n) is 8.31. The summed E-state index contributed by atoms with van der Waals surface area (Å²) in [7, 11) is 1.53. The zero-order chi connectivity index (χ0) is 26.7. The van der Waals surface area contributed by atoms with Gasteiger partial charge in [0.1, 0.15) is 17.5 Å². The van der Waals surface area contributed by atoms with E-state index in [1.54, 1.807) is 24.4 Å². The third-order valence-corrected chi connectivity index (χ3v) is 8.21. The van der Waals surface area contributed by atoms with Crippen LogP contribution in [0.25, 0.3) is 10.9 Å². The number of hydrogen-bond donors (Lipinski definition) is 0. The molecule has 0 radical (unpaired) electrons. The zero-order valence-corrected chi connectivity index (χ0v) is 24.9. The lowest BCUT2D eigenvalue weighted by molar-refractivity contribution is 0.284. The van der Waals surface area contributed by atoms with Crippen molar-refractivity contribution in [3.63, 3.8) is 0 Å². The van der Waals surface area contributed by atoms with E-state index in [9.17, 15) is 4.79 Å². The normalized spacial score (nSPS) is 12.3. The Morgan fingerprint density at radius 1 is 1.16 bits per heavy atom. The number of fused-ring (bicyclic) bond motifs is 1. The lowest BCUT2D eigenvalue weighted by Gasteiger charge is -2.16. The maximum absolute atomic E-state index is 13.4. The highest BCUT2D eigenvalue weighted by molar-refractivity contribution is 9.10. The van der Waals surface area contributed by atoms with Gasteiger partial charge in [0.25, 0.3) is 5.56 Å². The van der Waals surface area contributed by atoms with Gasteiger partial charge in [0.15, 0.2) is 11.5 Å². The van der Waals surface area contributed by atoms with E-state index in [4.69, 9.17) is 37.7 Å². The average Bonchev–Trinajstić information content (AvgIpc) is 2.90. The topological polar surface area (TPSA) is 65.7 Å². The molecule has 10 heteroatoms. The highest BCUT2D eigenvalue weighted by Crippen LogP contribution is 2.42. The van der Waals surface area contributed by atoms with Crippen LogP contribution in [0.4, 0.5) is 0 Å². The Morgan fingerprint density at radius 2 is 1.92 bits per heavy atom. The van der Waals surface area contributed by atoms with E-state index in [0.29, 0.717) is 48.3 Å². The molecule has 0 saturated carbocycles. The second kappa shape index (κ2) is 12.0. The first-order chi connectivity index (χ1) is 17.7. The van der Waals surface area contributed by atoms with E-state index >= 15 is 0 Å². The quantitative estimate of drug-likeness (QED) is 0.178. The first kappa shape index (κ1) is 27.6. The molecule has 3 aromatic carbocycles. The van der Waals surface area contributed by atoms with Gasteiger partial charge in [0, 0.05) is 31.0 Å². The smallest absolute Gasteiger partial charge is 0.282 e. The molecule has 6 nitrogen and oxygen atoms in total. The molecule has 4 rings (SSSR count). The minimum absolute atomic E-state index is 0.0139. The van der Waals surface area contributed by atoms with Crippen molar-refractivity contribution in [3.05, 3.63) is 94.8 Å². The van der Waals surface area contributed by atoms with Crippen LogP contribution in [-0.4, -0.2) is 23.0 Å². The van der Waals surface area contributed by atoms with E-state index in [-0.39, 0.29) is 18.1 Å². The highest BCUT2D eigenvalue weighted by atomic mass is 79.9. The molecule has 0 aliphatic heterocycles. The summed E-state index contributed by atoms with van der Waals surface area (Å²) in [5.41, 5.74) is 1.78. The fraction of sp³-hybridized carbons (Fsp3) is 0.222. The first-order valence-electron chi connectivity index (χ1n) is 11.4. The average molecular weight is 668 g/mol. The third-order valence-electron chi connectivity index (χ3n) is 5.90. The number of benzene rings is 3. The van der Waals surface area contributed by atoms with Gasteiger partial charge in [-0.3, -0.25) is 4.79 Å². The molecule has 0 fully saturated rings. The molecule has 0 N–H and O–H groups in total. The van der Waals surface area contributed by atoms with Gasteiger partial charge in [-0.25, -0.2) is 4.98 Å². The molecule has 0 unspecified atom stereocenters. The fourth-order valence-electron chi connectivity index (χ4n) is 3.65. The lowest BCUT2D eigenvalue weighted by Crippen LogP contribution is -2.23. The van der Waals surface area contributed by atoms with Gasteiger partial charge in [-0.15, -0.1) is 0 Å². The Balaban J connectivity index is 1.76. The standard InChI is InChI=1S/C27H23Br2Cl2N3O3/c1-4-15(2)26-33-21-10-9-18(28)12-19(21)27(35)34(26)32-13-17-11-22(36-3)25(24(31)23(17)29)37-14-16-7-5-6-8-20(16)30/h5-13,15H,4,14H2,1-3H3/t15-/m0/s1. The monoisotopic (exact) mass is 665 g/mol. The molecule has 4 aromatic rings. The predicted octanol–water partition coefficient (Wildman–Crippen LogP) is 8.21. The molecule has 1 heterocycles. The van der Waals surface area contributed by atoms with Crippen LogP contribution in [0.3, 0.4) is 0 Å². The molecule has 0 aliphatic rings. The summed E-state index contributed by atoms with van der Waals surface area (Å²) in [6, 6.07) is 14.6. The lowest BCUT2D eigenvalue weighted by atomic mass is 10.1. The number of nitrogens with zero attached hydrogens (tertiary/aromatic N) is 3. The largest absolute Gasteiger partial charge is 0.493 e. The van der Waals surface area contributed by atoms with Crippen LogP contribution in [0, 0.1) is 0 Å². The van der Waals surface area contributed by atoms with Crippen molar-refractivity contribution < 1.29 is 9.47 Å². The van der Waals surface area contributed by atoms with Crippen LogP contribution in [0.1, 0.15) is 43.1 Å². The number of halogens is 4. The van der Waals surface area contributed by atoms with Crippen LogP contribution >= 0.6 is 55.1 Å². The van der Waals surface area contributed by atoms with Crippen molar-refractivity contribution in [1.29, 1.82) is 0 Å². The number of rotatable bonds is 8. The van der Waals surface area contributed by atoms with Crippen LogP contribution in [-0.2, 0) is 6.61 Å². The minimum Gasteiger partial charge on any atom is -0.493 e. The van der Waals surface area contributed by atoms with Crippen molar-refractivity contribution in [2.75, 3.05) is 7.11 Å².